The molecule has 0 aromatic carbocycles. The Morgan fingerprint density at radius 2 is 1.57 bits per heavy atom. The Balaban J connectivity index is 1.43. The van der Waals surface area contributed by atoms with Crippen molar-refractivity contribution in [2.24, 2.45) is 56.7 Å². The van der Waals surface area contributed by atoms with Gasteiger partial charge in [-0.3, -0.25) is 0 Å². The van der Waals surface area contributed by atoms with Crippen LogP contribution in [0.1, 0.15) is 121 Å². The monoisotopic (exact) mass is 655 g/mol. The zero-order chi connectivity index (χ0) is 33.8. The smallest absolute Gasteiger partial charge is 0.409 e. The summed E-state index contributed by atoms with van der Waals surface area (Å²) in [6, 6.07) is 3.47. The predicted molar refractivity (Wildman–Crippen MR) is 190 cm³/mol. The second-order valence-electron chi connectivity index (χ2n) is 18.8. The fraction of sp³-hybridized carbons (Fsp3) is 0.925. The van der Waals surface area contributed by atoms with Crippen molar-refractivity contribution in [3.05, 3.63) is 12.2 Å². The Labute approximate surface area is 283 Å². The molecule has 0 radical (unpaired) electrons. The molecule has 2 spiro atoms. The van der Waals surface area contributed by atoms with Gasteiger partial charge in [0.25, 0.3) is 0 Å². The fourth-order valence-corrected chi connectivity index (χ4v) is 16.8. The molecule has 1 heterocycles. The Hall–Kier alpha value is -0.853. The highest BCUT2D eigenvalue weighted by molar-refractivity contribution is 6.73. The maximum absolute atomic E-state index is 12.9. The molecule has 5 nitrogen and oxygen atoms in total. The van der Waals surface area contributed by atoms with Gasteiger partial charge in [-0.15, -0.1) is 0 Å². The van der Waals surface area contributed by atoms with Gasteiger partial charge in [0.2, 0.25) is 0 Å². The number of hydrogen-bond donors (Lipinski definition) is 0. The van der Waals surface area contributed by atoms with Crippen LogP contribution in [0.5, 0.6) is 0 Å². The molecule has 0 N–H and O–H groups in total. The third-order valence-corrected chi connectivity index (χ3v) is 21.7. The first-order chi connectivity index (χ1) is 21.4. The van der Waals surface area contributed by atoms with Crippen LogP contribution in [0.15, 0.2) is 12.2 Å². The summed E-state index contributed by atoms with van der Waals surface area (Å²) in [4.78, 5) is 14.4. The normalized spacial score (nSPS) is 47.7. The SMILES string of the molecule is C=C(C)[C@@H](OC(=O)N(C)C)[C@H]1C[C@@H](C)[C@H]2[C@H](O1)[C@H](O[Si](CC)(CC)CC)[C@@]1(C)[C@@H]3CC[C@H]4C(C)(C)[C@@H](C)CC[C@@]45C[C@@]35CC[C@]21C. The van der Waals surface area contributed by atoms with Crippen molar-refractivity contribution in [2.45, 2.75) is 163 Å². The van der Waals surface area contributed by atoms with E-state index < -0.39 is 14.4 Å². The maximum atomic E-state index is 12.9. The van der Waals surface area contributed by atoms with E-state index in [2.05, 4.69) is 68.9 Å². The molecule has 6 fully saturated rings. The number of hydrogen-bond acceptors (Lipinski definition) is 4. The molecule has 0 aromatic heterocycles. The first-order valence-corrected chi connectivity index (χ1v) is 21.8. The van der Waals surface area contributed by atoms with Gasteiger partial charge >= 0.3 is 6.09 Å². The highest BCUT2D eigenvalue weighted by Gasteiger charge is 2.84. The maximum Gasteiger partial charge on any atom is 0.409 e. The molecule has 262 valence electrons. The second-order valence-corrected chi connectivity index (χ2v) is 23.6. The zero-order valence-electron chi connectivity index (χ0n) is 31.8. The number of nitrogens with zero attached hydrogens (tertiary/aromatic N) is 1. The van der Waals surface area contributed by atoms with Crippen LogP contribution in [0, 0.1) is 56.7 Å². The van der Waals surface area contributed by atoms with E-state index in [1.54, 1.807) is 14.1 Å². The van der Waals surface area contributed by atoms with E-state index in [1.165, 1.54) is 49.8 Å². The van der Waals surface area contributed by atoms with Crippen molar-refractivity contribution < 1.29 is 18.7 Å². The van der Waals surface area contributed by atoms with E-state index in [-0.39, 0.29) is 35.2 Å². The molecule has 1 aliphatic heterocycles. The van der Waals surface area contributed by atoms with Crippen LogP contribution in [-0.4, -0.2) is 57.8 Å². The van der Waals surface area contributed by atoms with Gasteiger partial charge < -0.3 is 18.8 Å². The Morgan fingerprint density at radius 1 is 0.957 bits per heavy atom. The summed E-state index contributed by atoms with van der Waals surface area (Å²) < 4.78 is 21.4. The van der Waals surface area contributed by atoms with E-state index in [9.17, 15) is 4.79 Å². The second kappa shape index (κ2) is 11.3. The van der Waals surface area contributed by atoms with Gasteiger partial charge in [0, 0.05) is 19.5 Å². The van der Waals surface area contributed by atoms with Crippen molar-refractivity contribution in [3.63, 3.8) is 0 Å². The van der Waals surface area contributed by atoms with Gasteiger partial charge in [-0.2, -0.15) is 0 Å². The highest BCUT2D eigenvalue weighted by Crippen LogP contribution is 2.89. The summed E-state index contributed by atoms with van der Waals surface area (Å²) >= 11 is 0. The molecule has 1 saturated heterocycles. The van der Waals surface area contributed by atoms with Gasteiger partial charge in [0.1, 0.15) is 0 Å². The van der Waals surface area contributed by atoms with Crippen LogP contribution in [0.2, 0.25) is 18.1 Å². The van der Waals surface area contributed by atoms with Crippen LogP contribution in [-0.2, 0) is 13.9 Å². The largest absolute Gasteiger partial charge is 0.439 e. The predicted octanol–water partition coefficient (Wildman–Crippen LogP) is 10.1. The Bertz CT molecular complexity index is 1210. The van der Waals surface area contributed by atoms with Crippen LogP contribution in [0.25, 0.3) is 0 Å². The van der Waals surface area contributed by atoms with E-state index in [0.29, 0.717) is 34.0 Å². The first kappa shape index (κ1) is 35.0. The van der Waals surface area contributed by atoms with Crippen molar-refractivity contribution >= 4 is 14.4 Å². The van der Waals surface area contributed by atoms with E-state index >= 15 is 0 Å². The molecule has 1 amide bonds. The van der Waals surface area contributed by atoms with Crippen LogP contribution in [0.3, 0.4) is 0 Å². The van der Waals surface area contributed by atoms with Gasteiger partial charge in [-0.25, -0.2) is 4.79 Å². The number of ether oxygens (including phenoxy) is 2. The number of fused-ring (bicyclic) bond motifs is 4. The first-order valence-electron chi connectivity index (χ1n) is 19.3. The average Bonchev–Trinajstić information content (AvgIpc) is 3.63. The summed E-state index contributed by atoms with van der Waals surface area (Å²) in [7, 11) is 1.52. The van der Waals surface area contributed by atoms with E-state index in [0.717, 1.165) is 42.0 Å². The fourth-order valence-electron chi connectivity index (χ4n) is 13.8. The lowest BCUT2D eigenvalue weighted by atomic mass is 9.41. The molecule has 5 aliphatic carbocycles. The Morgan fingerprint density at radius 3 is 2.15 bits per heavy atom. The molecule has 6 rings (SSSR count). The lowest BCUT2D eigenvalue weighted by molar-refractivity contribution is -0.172. The topological polar surface area (TPSA) is 48.0 Å². The summed E-state index contributed by atoms with van der Waals surface area (Å²) in [5.74, 6) is 3.25. The quantitative estimate of drug-likeness (QED) is 0.193. The van der Waals surface area contributed by atoms with Gasteiger partial charge in [-0.1, -0.05) is 68.9 Å². The summed E-state index contributed by atoms with van der Waals surface area (Å²) in [5.41, 5.74) is 2.50. The van der Waals surface area contributed by atoms with Gasteiger partial charge in [-0.05, 0) is 133 Å². The third kappa shape index (κ3) is 4.46. The van der Waals surface area contributed by atoms with E-state index in [4.69, 9.17) is 13.9 Å². The summed E-state index contributed by atoms with van der Waals surface area (Å²) in [6.07, 6.45) is 9.72. The molecule has 0 unspecified atom stereocenters. The minimum Gasteiger partial charge on any atom is -0.439 e. The van der Waals surface area contributed by atoms with E-state index in [1.807, 2.05) is 6.92 Å². The van der Waals surface area contributed by atoms with Gasteiger partial charge in [0.05, 0.1) is 18.3 Å². The van der Waals surface area contributed by atoms with Crippen LogP contribution >= 0.6 is 0 Å². The Kier molecular flexibility index (Phi) is 8.62. The summed E-state index contributed by atoms with van der Waals surface area (Å²) in [5, 5.41) is 0. The van der Waals surface area contributed by atoms with Crippen molar-refractivity contribution in [1.82, 2.24) is 4.90 Å². The minimum atomic E-state index is -1.97. The van der Waals surface area contributed by atoms with Gasteiger partial charge in [0.15, 0.2) is 14.4 Å². The van der Waals surface area contributed by atoms with Crippen LogP contribution < -0.4 is 0 Å². The van der Waals surface area contributed by atoms with Crippen molar-refractivity contribution in [1.29, 1.82) is 0 Å². The van der Waals surface area contributed by atoms with Crippen LogP contribution in [0.4, 0.5) is 4.79 Å². The molecular weight excluding hydrogens is 587 g/mol. The lowest BCUT2D eigenvalue weighted by Gasteiger charge is -2.64. The average molecular weight is 656 g/mol. The molecule has 13 atom stereocenters. The molecule has 5 saturated carbocycles. The number of rotatable bonds is 8. The molecule has 6 heteroatoms. The molecule has 46 heavy (non-hydrogen) atoms. The molecular formula is C40H69NO4Si. The third-order valence-electron chi connectivity index (χ3n) is 17.1. The van der Waals surface area contributed by atoms with Crippen molar-refractivity contribution in [3.8, 4) is 0 Å². The summed E-state index contributed by atoms with van der Waals surface area (Å²) in [6.45, 7) is 29.0. The highest BCUT2D eigenvalue weighted by atomic mass is 28.4. The molecule has 0 aromatic rings. The number of amides is 1. The molecule has 6 aliphatic rings. The van der Waals surface area contributed by atoms with Crippen molar-refractivity contribution in [2.75, 3.05) is 14.1 Å². The molecule has 0 bridgehead atoms. The lowest BCUT2D eigenvalue weighted by Crippen LogP contribution is -2.60. The minimum absolute atomic E-state index is 0.0191. The number of carbonyl (C=O) groups excluding carboxylic acids is 1. The number of carbonyl (C=O) groups is 1. The standard InChI is InChI=1S/C40H69NO4Si/c1-14-46(15-2,16-3)45-34-33-31(26(6)23-28(43-33)32(25(4)5)44-35(42)41(12)13)37(10)21-22-40-24-39(40)20-19-27(7)36(8,9)29(39)17-18-30(40)38(34,37)11/h26-34H,4,14-24H2,1-3,5-13H3/t26-,27+,28-,29+,30+,31+,32-,33+,34+,37-,38-,39-,40+/m1/s1. The zero-order valence-corrected chi connectivity index (χ0v) is 32.8.